The number of benzene rings is 1. The van der Waals surface area contributed by atoms with Crippen LogP contribution in [0.2, 0.25) is 5.02 Å². The van der Waals surface area contributed by atoms with Crippen LogP contribution >= 0.6 is 11.6 Å². The number of hydrogen-bond acceptors (Lipinski definition) is 5. The molecule has 0 saturated carbocycles. The monoisotopic (exact) mass is 384 g/mol. The highest BCUT2D eigenvalue weighted by molar-refractivity contribution is 6.31. The Labute approximate surface area is 162 Å². The van der Waals surface area contributed by atoms with Crippen LogP contribution in [0.25, 0.3) is 11.1 Å². The quantitative estimate of drug-likeness (QED) is 0.742. The van der Waals surface area contributed by atoms with Gasteiger partial charge in [-0.1, -0.05) is 11.6 Å². The number of piperidine rings is 1. The second-order valence-electron chi connectivity index (χ2n) is 6.92. The number of aromatic nitrogens is 2. The van der Waals surface area contributed by atoms with Crippen LogP contribution in [0.4, 0.5) is 6.01 Å². The average Bonchev–Trinajstić information content (AvgIpc) is 3.09. The number of oxazole rings is 1. The van der Waals surface area contributed by atoms with E-state index in [-0.39, 0.29) is 11.8 Å². The van der Waals surface area contributed by atoms with Crippen molar-refractivity contribution in [1.82, 2.24) is 15.3 Å². The van der Waals surface area contributed by atoms with Gasteiger partial charge in [0.25, 0.3) is 6.01 Å². The fourth-order valence-corrected chi connectivity index (χ4v) is 3.60. The minimum Gasteiger partial charge on any atom is -0.423 e. The van der Waals surface area contributed by atoms with E-state index in [1.807, 2.05) is 30.0 Å². The first-order chi connectivity index (χ1) is 13.1. The Kier molecular flexibility index (Phi) is 4.99. The van der Waals surface area contributed by atoms with E-state index in [1.54, 1.807) is 18.3 Å². The molecule has 1 aliphatic rings. The number of carbonyl (C=O) groups is 1. The molecule has 1 unspecified atom stereocenters. The molecule has 1 amide bonds. The lowest BCUT2D eigenvalue weighted by Gasteiger charge is -2.30. The van der Waals surface area contributed by atoms with Crippen molar-refractivity contribution < 1.29 is 9.21 Å². The molecule has 1 saturated heterocycles. The highest BCUT2D eigenvalue weighted by Crippen LogP contribution is 2.28. The summed E-state index contributed by atoms with van der Waals surface area (Å²) >= 11 is 6.02. The van der Waals surface area contributed by atoms with Crippen molar-refractivity contribution in [1.29, 1.82) is 0 Å². The lowest BCUT2D eigenvalue weighted by Crippen LogP contribution is -2.43. The van der Waals surface area contributed by atoms with Gasteiger partial charge in [0.2, 0.25) is 5.91 Å². The topological polar surface area (TPSA) is 71.3 Å². The lowest BCUT2D eigenvalue weighted by atomic mass is 9.97. The molecular weight excluding hydrogens is 364 g/mol. The summed E-state index contributed by atoms with van der Waals surface area (Å²) in [5, 5.41) is 3.67. The molecule has 6 nitrogen and oxygen atoms in total. The van der Waals surface area contributed by atoms with Crippen molar-refractivity contribution in [2.45, 2.75) is 26.3 Å². The van der Waals surface area contributed by atoms with Gasteiger partial charge in [0.15, 0.2) is 5.58 Å². The van der Waals surface area contributed by atoms with Crippen molar-refractivity contribution in [3.63, 3.8) is 0 Å². The zero-order chi connectivity index (χ0) is 18.8. The van der Waals surface area contributed by atoms with Crippen molar-refractivity contribution in [2.75, 3.05) is 18.0 Å². The molecule has 1 aliphatic heterocycles. The Morgan fingerprint density at radius 1 is 1.37 bits per heavy atom. The van der Waals surface area contributed by atoms with Gasteiger partial charge < -0.3 is 14.6 Å². The third-order valence-corrected chi connectivity index (χ3v) is 5.06. The van der Waals surface area contributed by atoms with Crippen LogP contribution < -0.4 is 10.2 Å². The summed E-state index contributed by atoms with van der Waals surface area (Å²) in [6, 6.07) is 9.84. The van der Waals surface area contributed by atoms with Gasteiger partial charge in [-0.05, 0) is 55.7 Å². The fraction of sp³-hybridized carbons (Fsp3) is 0.350. The number of halogens is 1. The largest absolute Gasteiger partial charge is 0.423 e. The van der Waals surface area contributed by atoms with E-state index in [1.165, 1.54) is 0 Å². The van der Waals surface area contributed by atoms with Crippen molar-refractivity contribution >= 4 is 34.6 Å². The van der Waals surface area contributed by atoms with Gasteiger partial charge in [0, 0.05) is 36.5 Å². The summed E-state index contributed by atoms with van der Waals surface area (Å²) in [5.74, 6) is -0.0198. The molecule has 3 heterocycles. The number of hydrogen-bond donors (Lipinski definition) is 1. The molecule has 1 fully saturated rings. The van der Waals surface area contributed by atoms with Crippen molar-refractivity contribution in [2.24, 2.45) is 5.92 Å². The van der Waals surface area contributed by atoms with Gasteiger partial charge in [-0.2, -0.15) is 4.98 Å². The van der Waals surface area contributed by atoms with Crippen LogP contribution in [0.15, 0.2) is 40.9 Å². The van der Waals surface area contributed by atoms with Crippen LogP contribution in [0.3, 0.4) is 0 Å². The zero-order valence-corrected chi connectivity index (χ0v) is 15.9. The summed E-state index contributed by atoms with van der Waals surface area (Å²) in [7, 11) is 0. The van der Waals surface area contributed by atoms with Crippen molar-refractivity contribution in [3.8, 4) is 0 Å². The molecule has 2 aromatic heterocycles. The summed E-state index contributed by atoms with van der Waals surface area (Å²) < 4.78 is 5.85. The Bertz CT molecular complexity index is 972. The summed E-state index contributed by atoms with van der Waals surface area (Å²) in [4.78, 5) is 23.4. The Morgan fingerprint density at radius 3 is 3.11 bits per heavy atom. The van der Waals surface area contributed by atoms with Crippen LogP contribution in [-0.2, 0) is 11.3 Å². The molecule has 0 radical (unpaired) electrons. The maximum atomic E-state index is 12.6. The van der Waals surface area contributed by atoms with Gasteiger partial charge in [-0.15, -0.1) is 0 Å². The van der Waals surface area contributed by atoms with E-state index in [0.717, 1.165) is 36.2 Å². The van der Waals surface area contributed by atoms with Gasteiger partial charge >= 0.3 is 0 Å². The van der Waals surface area contributed by atoms with Crippen LogP contribution in [-0.4, -0.2) is 29.0 Å². The van der Waals surface area contributed by atoms with E-state index in [4.69, 9.17) is 16.0 Å². The number of pyridine rings is 1. The highest BCUT2D eigenvalue weighted by atomic mass is 35.5. The molecule has 140 valence electrons. The number of anilines is 1. The first-order valence-electron chi connectivity index (χ1n) is 9.09. The zero-order valence-electron chi connectivity index (χ0n) is 15.1. The maximum Gasteiger partial charge on any atom is 0.298 e. The predicted octanol–water partition coefficient (Wildman–Crippen LogP) is 3.72. The van der Waals surface area contributed by atoms with E-state index in [2.05, 4.69) is 15.3 Å². The van der Waals surface area contributed by atoms with Gasteiger partial charge in [0.1, 0.15) is 5.52 Å². The molecule has 4 rings (SSSR count). The summed E-state index contributed by atoms with van der Waals surface area (Å²) in [6.45, 7) is 3.88. The smallest absolute Gasteiger partial charge is 0.298 e. The summed E-state index contributed by atoms with van der Waals surface area (Å²) in [6.07, 6.45) is 3.55. The first-order valence-corrected chi connectivity index (χ1v) is 9.46. The minimum absolute atomic E-state index is 0.0633. The Hall–Kier alpha value is -2.60. The second kappa shape index (κ2) is 7.56. The Morgan fingerprint density at radius 2 is 2.26 bits per heavy atom. The predicted molar refractivity (Wildman–Crippen MR) is 105 cm³/mol. The number of carbonyl (C=O) groups excluding carboxylic acids is 1. The number of fused-ring (bicyclic) bond motifs is 1. The number of nitrogens with one attached hydrogen (secondary N) is 1. The van der Waals surface area contributed by atoms with E-state index < -0.39 is 0 Å². The minimum atomic E-state index is -0.0831. The third kappa shape index (κ3) is 4.06. The molecule has 7 heteroatoms. The highest BCUT2D eigenvalue weighted by Gasteiger charge is 2.28. The fourth-order valence-electron chi connectivity index (χ4n) is 3.44. The van der Waals surface area contributed by atoms with Crippen molar-refractivity contribution in [3.05, 3.63) is 52.8 Å². The average molecular weight is 385 g/mol. The third-order valence-electron chi connectivity index (χ3n) is 4.83. The van der Waals surface area contributed by atoms with E-state index in [9.17, 15) is 4.79 Å². The SMILES string of the molecule is Cc1cc(CNC(=O)C2CCCN(c3nc4cc(Cl)ccc4o3)C2)ccn1. The Balaban J connectivity index is 1.41. The van der Waals surface area contributed by atoms with E-state index in [0.29, 0.717) is 29.7 Å². The molecule has 27 heavy (non-hydrogen) atoms. The van der Waals surface area contributed by atoms with Crippen LogP contribution in [0.5, 0.6) is 0 Å². The second-order valence-corrected chi connectivity index (χ2v) is 7.35. The standard InChI is InChI=1S/C20H21ClN4O2/c1-13-9-14(6-7-22-13)11-23-19(26)15-3-2-8-25(12-15)20-24-17-10-16(21)4-5-18(17)27-20/h4-7,9-10,15H,2-3,8,11-12H2,1H3,(H,23,26). The normalized spacial score (nSPS) is 17.3. The summed E-state index contributed by atoms with van der Waals surface area (Å²) in [5.41, 5.74) is 3.44. The maximum absolute atomic E-state index is 12.6. The van der Waals surface area contributed by atoms with Gasteiger partial charge in [-0.25, -0.2) is 0 Å². The van der Waals surface area contributed by atoms with Gasteiger partial charge in [0.05, 0.1) is 5.92 Å². The molecule has 3 aromatic rings. The molecule has 1 N–H and O–H groups in total. The van der Waals surface area contributed by atoms with E-state index >= 15 is 0 Å². The first kappa shape index (κ1) is 17.8. The number of amides is 1. The molecule has 1 aromatic carbocycles. The number of aryl methyl sites for hydroxylation is 1. The molecule has 0 spiro atoms. The molecule has 0 bridgehead atoms. The lowest BCUT2D eigenvalue weighted by molar-refractivity contribution is -0.125. The van der Waals surface area contributed by atoms with Crippen LogP contribution in [0, 0.1) is 12.8 Å². The van der Waals surface area contributed by atoms with Crippen LogP contribution in [0.1, 0.15) is 24.1 Å². The molecule has 0 aliphatic carbocycles. The number of nitrogens with zero attached hydrogens (tertiary/aromatic N) is 3. The molecule has 1 atom stereocenters. The molecular formula is C20H21ClN4O2. The van der Waals surface area contributed by atoms with Gasteiger partial charge in [-0.3, -0.25) is 9.78 Å². The number of rotatable bonds is 4.